The SMILES string of the molecule is COC(=O)c1cc(B(O)O)cnc1OC(C)c1ccncc1. The van der Waals surface area contributed by atoms with Gasteiger partial charge in [-0.05, 0) is 30.7 Å². The zero-order chi connectivity index (χ0) is 16.1. The minimum absolute atomic E-state index is 0.0222. The van der Waals surface area contributed by atoms with Crippen LogP contribution in [0.3, 0.4) is 0 Å². The lowest BCUT2D eigenvalue weighted by molar-refractivity contribution is 0.0592. The van der Waals surface area contributed by atoms with Gasteiger partial charge < -0.3 is 19.5 Å². The van der Waals surface area contributed by atoms with Gasteiger partial charge in [0.15, 0.2) is 0 Å². The van der Waals surface area contributed by atoms with Crippen LogP contribution in [-0.2, 0) is 4.74 Å². The molecule has 114 valence electrons. The first-order valence-corrected chi connectivity index (χ1v) is 6.54. The largest absolute Gasteiger partial charge is 0.490 e. The third-order valence-electron chi connectivity index (χ3n) is 3.04. The van der Waals surface area contributed by atoms with Crippen molar-refractivity contribution in [1.82, 2.24) is 9.97 Å². The predicted molar refractivity (Wildman–Crippen MR) is 78.7 cm³/mol. The van der Waals surface area contributed by atoms with E-state index in [1.54, 1.807) is 31.5 Å². The molecule has 2 aromatic rings. The second-order valence-corrected chi connectivity index (χ2v) is 4.53. The van der Waals surface area contributed by atoms with E-state index in [1.165, 1.54) is 19.4 Å². The van der Waals surface area contributed by atoms with Crippen LogP contribution >= 0.6 is 0 Å². The summed E-state index contributed by atoms with van der Waals surface area (Å²) in [5.74, 6) is -0.618. The summed E-state index contributed by atoms with van der Waals surface area (Å²) in [4.78, 5) is 19.7. The molecule has 0 spiro atoms. The van der Waals surface area contributed by atoms with E-state index in [-0.39, 0.29) is 23.0 Å². The molecule has 0 saturated heterocycles. The molecule has 7 nitrogen and oxygen atoms in total. The number of carbonyl (C=O) groups is 1. The molecule has 0 aliphatic carbocycles. The number of aromatic nitrogens is 2. The molecule has 1 unspecified atom stereocenters. The molecule has 8 heteroatoms. The topological polar surface area (TPSA) is 102 Å². The van der Waals surface area contributed by atoms with E-state index in [4.69, 9.17) is 14.8 Å². The quantitative estimate of drug-likeness (QED) is 0.596. The highest BCUT2D eigenvalue weighted by molar-refractivity contribution is 6.58. The lowest BCUT2D eigenvalue weighted by Crippen LogP contribution is -2.31. The smallest absolute Gasteiger partial charge is 0.469 e. The Morgan fingerprint density at radius 2 is 2.00 bits per heavy atom. The molecule has 0 saturated carbocycles. The number of methoxy groups -OCH3 is 1. The molecular formula is C14H15BN2O5. The van der Waals surface area contributed by atoms with Gasteiger partial charge in [-0.2, -0.15) is 0 Å². The summed E-state index contributed by atoms with van der Waals surface area (Å²) in [7, 11) is -0.511. The van der Waals surface area contributed by atoms with Crippen LogP contribution in [0.4, 0.5) is 0 Å². The number of hydrogen-bond acceptors (Lipinski definition) is 7. The molecule has 0 amide bonds. The van der Waals surface area contributed by atoms with Gasteiger partial charge in [0.2, 0.25) is 5.88 Å². The van der Waals surface area contributed by atoms with Gasteiger partial charge in [0.05, 0.1) is 7.11 Å². The van der Waals surface area contributed by atoms with Gasteiger partial charge in [0, 0.05) is 24.1 Å². The average molecular weight is 302 g/mol. The lowest BCUT2D eigenvalue weighted by atomic mass is 9.81. The molecule has 0 aliphatic heterocycles. The zero-order valence-corrected chi connectivity index (χ0v) is 12.1. The van der Waals surface area contributed by atoms with Crippen molar-refractivity contribution < 1.29 is 24.3 Å². The van der Waals surface area contributed by atoms with Crippen molar-refractivity contribution in [1.29, 1.82) is 0 Å². The van der Waals surface area contributed by atoms with Crippen LogP contribution in [0.2, 0.25) is 0 Å². The van der Waals surface area contributed by atoms with E-state index in [1.807, 2.05) is 0 Å². The van der Waals surface area contributed by atoms with Crippen molar-refractivity contribution in [2.24, 2.45) is 0 Å². The second kappa shape index (κ2) is 7.01. The number of carbonyl (C=O) groups excluding carboxylic acids is 1. The minimum Gasteiger partial charge on any atom is -0.469 e. The Morgan fingerprint density at radius 3 is 2.59 bits per heavy atom. The van der Waals surface area contributed by atoms with E-state index in [9.17, 15) is 4.79 Å². The van der Waals surface area contributed by atoms with Crippen LogP contribution < -0.4 is 10.2 Å². The van der Waals surface area contributed by atoms with Gasteiger partial charge in [0.1, 0.15) is 11.7 Å². The Hall–Kier alpha value is -2.45. The van der Waals surface area contributed by atoms with Crippen LogP contribution in [0.1, 0.15) is 28.9 Å². The highest BCUT2D eigenvalue weighted by Gasteiger charge is 2.21. The molecule has 2 N–H and O–H groups in total. The van der Waals surface area contributed by atoms with Crippen LogP contribution in [0.25, 0.3) is 0 Å². The maximum Gasteiger partial charge on any atom is 0.490 e. The molecule has 22 heavy (non-hydrogen) atoms. The normalized spacial score (nSPS) is 11.6. The fourth-order valence-electron chi connectivity index (χ4n) is 1.83. The van der Waals surface area contributed by atoms with Gasteiger partial charge in [0.25, 0.3) is 0 Å². The van der Waals surface area contributed by atoms with Gasteiger partial charge in [-0.15, -0.1) is 0 Å². The summed E-state index contributed by atoms with van der Waals surface area (Å²) < 4.78 is 10.4. The molecule has 0 fully saturated rings. The first-order valence-electron chi connectivity index (χ1n) is 6.54. The third kappa shape index (κ3) is 3.60. The van der Waals surface area contributed by atoms with Crippen LogP contribution in [0.5, 0.6) is 5.88 Å². The average Bonchev–Trinajstić information content (AvgIpc) is 2.55. The molecule has 0 bridgehead atoms. The third-order valence-corrected chi connectivity index (χ3v) is 3.04. The summed E-state index contributed by atoms with van der Waals surface area (Å²) >= 11 is 0. The molecule has 0 aromatic carbocycles. The molecule has 2 rings (SSSR count). The minimum atomic E-state index is -1.73. The van der Waals surface area contributed by atoms with Gasteiger partial charge in [-0.3, -0.25) is 4.98 Å². The van der Waals surface area contributed by atoms with Crippen molar-refractivity contribution in [3.05, 3.63) is 47.9 Å². The standard InChI is InChI=1S/C14H15BN2O5/c1-9(10-3-5-16-6-4-10)22-13-12(14(18)21-2)7-11(8-17-13)15(19)20/h3-9,19-20H,1-2H3. The van der Waals surface area contributed by atoms with Crippen molar-refractivity contribution in [3.63, 3.8) is 0 Å². The van der Waals surface area contributed by atoms with E-state index in [0.717, 1.165) is 5.56 Å². The maximum atomic E-state index is 11.8. The Labute approximate surface area is 127 Å². The number of nitrogens with zero attached hydrogens (tertiary/aromatic N) is 2. The number of ether oxygens (including phenoxy) is 2. The summed E-state index contributed by atoms with van der Waals surface area (Å²) in [6, 6.07) is 4.85. The summed E-state index contributed by atoms with van der Waals surface area (Å²) in [5, 5.41) is 18.3. The van der Waals surface area contributed by atoms with Crippen molar-refractivity contribution in [2.45, 2.75) is 13.0 Å². The van der Waals surface area contributed by atoms with Gasteiger partial charge in [-0.25, -0.2) is 9.78 Å². The van der Waals surface area contributed by atoms with Crippen LogP contribution in [-0.4, -0.2) is 40.2 Å². The monoisotopic (exact) mass is 302 g/mol. The number of hydrogen-bond donors (Lipinski definition) is 2. The van der Waals surface area contributed by atoms with Crippen molar-refractivity contribution in [2.75, 3.05) is 7.11 Å². The number of rotatable bonds is 5. The second-order valence-electron chi connectivity index (χ2n) is 4.53. The van der Waals surface area contributed by atoms with Crippen molar-refractivity contribution in [3.8, 4) is 5.88 Å². The summed E-state index contributed by atoms with van der Waals surface area (Å²) in [5.41, 5.74) is 0.956. The Balaban J connectivity index is 2.31. The summed E-state index contributed by atoms with van der Waals surface area (Å²) in [6.07, 6.45) is 4.12. The van der Waals surface area contributed by atoms with E-state index in [0.29, 0.717) is 0 Å². The molecule has 2 heterocycles. The van der Waals surface area contributed by atoms with E-state index in [2.05, 4.69) is 14.7 Å². The van der Waals surface area contributed by atoms with Gasteiger partial charge in [-0.1, -0.05) is 0 Å². The Kier molecular flexibility index (Phi) is 5.08. The predicted octanol–water partition coefficient (Wildman–Crippen LogP) is 0.0830. The zero-order valence-electron chi connectivity index (χ0n) is 12.1. The molecule has 0 radical (unpaired) electrons. The maximum absolute atomic E-state index is 11.8. The van der Waals surface area contributed by atoms with E-state index >= 15 is 0 Å². The first-order chi connectivity index (χ1) is 10.5. The molecule has 1 atom stereocenters. The Bertz CT molecular complexity index is 651. The van der Waals surface area contributed by atoms with Crippen LogP contribution in [0.15, 0.2) is 36.8 Å². The fourth-order valence-corrected chi connectivity index (χ4v) is 1.83. The molecule has 2 aromatic heterocycles. The van der Waals surface area contributed by atoms with E-state index < -0.39 is 13.1 Å². The fraction of sp³-hybridized carbons (Fsp3) is 0.214. The Morgan fingerprint density at radius 1 is 1.32 bits per heavy atom. The number of esters is 1. The number of pyridine rings is 2. The lowest BCUT2D eigenvalue weighted by Gasteiger charge is -2.16. The summed E-state index contributed by atoms with van der Waals surface area (Å²) in [6.45, 7) is 1.80. The highest BCUT2D eigenvalue weighted by atomic mass is 16.5. The van der Waals surface area contributed by atoms with Crippen LogP contribution in [0, 0.1) is 0 Å². The first kappa shape index (κ1) is 15.9. The molecular weight excluding hydrogens is 287 g/mol. The highest BCUT2D eigenvalue weighted by Crippen LogP contribution is 2.22. The van der Waals surface area contributed by atoms with Crippen molar-refractivity contribution >= 4 is 18.6 Å². The molecule has 0 aliphatic rings. The van der Waals surface area contributed by atoms with Gasteiger partial charge >= 0.3 is 13.1 Å².